The molecule has 1 aliphatic rings. The zero-order chi connectivity index (χ0) is 36.8. The van der Waals surface area contributed by atoms with Gasteiger partial charge < -0.3 is 24.4 Å². The largest absolute Gasteiger partial charge is 0.493 e. The molecule has 0 bridgehead atoms. The van der Waals surface area contributed by atoms with Gasteiger partial charge in [0.05, 0.1) is 19.8 Å². The number of nitrogens with one attached hydrogen (secondary N) is 1. The lowest BCUT2D eigenvalue weighted by Crippen LogP contribution is -2.35. The number of benzene rings is 2. The highest BCUT2D eigenvalue weighted by Crippen LogP contribution is 2.25. The molecule has 50 heavy (non-hydrogen) atoms. The molecule has 1 unspecified atom stereocenters. The average Bonchev–Trinajstić information content (AvgIpc) is 3.62. The van der Waals surface area contributed by atoms with Crippen LogP contribution in [0.3, 0.4) is 0 Å². The van der Waals surface area contributed by atoms with Gasteiger partial charge in [0.25, 0.3) is 5.09 Å². The van der Waals surface area contributed by atoms with Crippen LogP contribution in [-0.4, -0.2) is 49.3 Å². The normalized spacial score (nSPS) is 13.0. The molecule has 1 fully saturated rings. The van der Waals surface area contributed by atoms with Crippen LogP contribution < -0.4 is 14.8 Å². The third-order valence-electron chi connectivity index (χ3n) is 7.31. The smallest absolute Gasteiger partial charge is 0.333 e. The third-order valence-corrected chi connectivity index (χ3v) is 7.54. The van der Waals surface area contributed by atoms with Crippen molar-refractivity contribution in [3.8, 4) is 11.5 Å². The highest BCUT2D eigenvalue weighted by Gasteiger charge is 2.14. The van der Waals surface area contributed by atoms with E-state index in [0.29, 0.717) is 18.6 Å². The molecule has 3 rings (SSSR count). The van der Waals surface area contributed by atoms with E-state index in [1.54, 1.807) is 24.3 Å². The van der Waals surface area contributed by atoms with Crippen LogP contribution in [0.15, 0.2) is 72.8 Å². The van der Waals surface area contributed by atoms with E-state index >= 15 is 0 Å². The highest BCUT2D eigenvalue weighted by molar-refractivity contribution is 6.30. The molecular weight excluding hydrogens is 664 g/mol. The Bertz CT molecular complexity index is 1300. The number of halogens is 1. The Morgan fingerprint density at radius 3 is 2.40 bits per heavy atom. The van der Waals surface area contributed by atoms with Gasteiger partial charge in [-0.1, -0.05) is 86.7 Å². The second kappa shape index (κ2) is 28.5. The SMILES string of the molecule is C/C=C\CCCC.CC(NC=O)C(=O)Oc1ccc(CCOC(=O)CCCO[N+](=O)[O-])cc1.Clc1cccc(OCC/C=C/C2CCCC2)c1. The molecule has 1 amide bonds. The van der Waals surface area contributed by atoms with Gasteiger partial charge in [0.1, 0.15) is 17.5 Å². The molecule has 276 valence electrons. The number of amides is 1. The fourth-order valence-electron chi connectivity index (χ4n) is 4.54. The van der Waals surface area contributed by atoms with Crippen molar-refractivity contribution < 1.29 is 38.5 Å². The van der Waals surface area contributed by atoms with Crippen molar-refractivity contribution in [2.24, 2.45) is 5.92 Å². The monoisotopic (exact) mass is 716 g/mol. The lowest BCUT2D eigenvalue weighted by atomic mass is 10.1. The van der Waals surface area contributed by atoms with Gasteiger partial charge in [-0.05, 0) is 87.8 Å². The Morgan fingerprint density at radius 2 is 1.76 bits per heavy atom. The van der Waals surface area contributed by atoms with Gasteiger partial charge in [0.2, 0.25) is 6.41 Å². The first-order valence-electron chi connectivity index (χ1n) is 17.3. The maximum atomic E-state index is 11.6. The summed E-state index contributed by atoms with van der Waals surface area (Å²) in [6.07, 6.45) is 20.5. The number of carbonyl (C=O) groups excluding carboxylic acids is 3. The number of carbonyl (C=O) groups is 3. The standard InChI is InChI=1S/C16H20N2O8.C15H19ClO.C7H14/c1-12(17-11-19)16(21)26-14-6-4-13(5-7-14)8-10-24-15(20)3-2-9-25-18(22)23;16-14-9-5-10-15(12-14)17-11-4-3-8-13-6-1-2-7-13;1-3-5-7-6-4-2/h4-7,11-12H,2-3,8-10H2,1H3,(H,17,19);3,5,8-10,12-13H,1-2,4,6-7,11H2;3,5H,4,6-7H2,1-2H3/b;8-3+;5-3-. The topological polar surface area (TPSA) is 143 Å². The molecule has 0 saturated heterocycles. The van der Waals surface area contributed by atoms with Gasteiger partial charge >= 0.3 is 11.9 Å². The van der Waals surface area contributed by atoms with Crippen molar-refractivity contribution in [1.29, 1.82) is 0 Å². The van der Waals surface area contributed by atoms with E-state index in [-0.39, 0.29) is 26.1 Å². The van der Waals surface area contributed by atoms with Crippen LogP contribution in [0.4, 0.5) is 0 Å². The number of esters is 2. The van der Waals surface area contributed by atoms with Gasteiger partial charge in [-0.3, -0.25) is 9.59 Å². The maximum absolute atomic E-state index is 11.6. The highest BCUT2D eigenvalue weighted by atomic mass is 35.5. The van der Waals surface area contributed by atoms with Crippen LogP contribution in [0, 0.1) is 16.0 Å². The molecule has 0 radical (unpaired) electrons. The second-order valence-electron chi connectivity index (χ2n) is 11.5. The molecule has 1 N–H and O–H groups in total. The van der Waals surface area contributed by atoms with E-state index < -0.39 is 23.1 Å². The van der Waals surface area contributed by atoms with Crippen molar-refractivity contribution >= 4 is 29.9 Å². The summed E-state index contributed by atoms with van der Waals surface area (Å²) in [5, 5.41) is 12.1. The fraction of sp³-hybridized carbons (Fsp3) is 0.500. The molecule has 2 aromatic carbocycles. The van der Waals surface area contributed by atoms with E-state index in [4.69, 9.17) is 25.8 Å². The van der Waals surface area contributed by atoms with E-state index in [1.165, 1.54) is 51.9 Å². The quantitative estimate of drug-likeness (QED) is 0.0272. The minimum absolute atomic E-state index is 0.0374. The zero-order valence-electron chi connectivity index (χ0n) is 29.6. The number of rotatable bonds is 20. The molecule has 0 aliphatic heterocycles. The molecule has 0 heterocycles. The number of hydrogen-bond donors (Lipinski definition) is 1. The van der Waals surface area contributed by atoms with Gasteiger partial charge in [-0.2, -0.15) is 0 Å². The van der Waals surface area contributed by atoms with Crippen LogP contribution in [-0.2, 0) is 30.4 Å². The summed E-state index contributed by atoms with van der Waals surface area (Å²) in [5.41, 5.74) is 0.869. The molecule has 11 nitrogen and oxygen atoms in total. The van der Waals surface area contributed by atoms with Crippen LogP contribution in [0.2, 0.25) is 5.02 Å². The Balaban J connectivity index is 0.000000442. The van der Waals surface area contributed by atoms with Crippen molar-refractivity contribution in [1.82, 2.24) is 5.32 Å². The van der Waals surface area contributed by atoms with Crippen molar-refractivity contribution in [3.05, 3.63) is 93.5 Å². The minimum atomic E-state index is -0.911. The summed E-state index contributed by atoms with van der Waals surface area (Å²) in [4.78, 5) is 47.4. The number of hydrogen-bond acceptors (Lipinski definition) is 9. The third kappa shape index (κ3) is 23.1. The first-order valence-corrected chi connectivity index (χ1v) is 17.7. The molecule has 2 aromatic rings. The Kier molecular flexibility index (Phi) is 24.8. The summed E-state index contributed by atoms with van der Waals surface area (Å²) in [6, 6.07) is 13.4. The molecule has 1 saturated carbocycles. The molecule has 0 spiro atoms. The summed E-state index contributed by atoms with van der Waals surface area (Å²) < 4.78 is 15.7. The van der Waals surface area contributed by atoms with Gasteiger partial charge in [-0.25, -0.2) is 4.79 Å². The summed E-state index contributed by atoms with van der Waals surface area (Å²) in [7, 11) is 0. The summed E-state index contributed by atoms with van der Waals surface area (Å²) in [6.45, 7) is 6.52. The maximum Gasteiger partial charge on any atom is 0.333 e. The minimum Gasteiger partial charge on any atom is -0.493 e. The number of unbranched alkanes of at least 4 members (excludes halogenated alkanes) is 2. The Hall–Kier alpha value is -4.38. The molecule has 1 aliphatic carbocycles. The molecular formula is C38H53ClN2O9. The zero-order valence-corrected chi connectivity index (χ0v) is 30.3. The lowest BCUT2D eigenvalue weighted by molar-refractivity contribution is -0.757. The average molecular weight is 717 g/mol. The number of nitrogens with zero attached hydrogens (tertiary/aromatic N) is 1. The summed E-state index contributed by atoms with van der Waals surface area (Å²) in [5.74, 6) is 0.966. The van der Waals surface area contributed by atoms with Gasteiger partial charge in [0, 0.05) is 17.9 Å². The number of ether oxygens (including phenoxy) is 3. The van der Waals surface area contributed by atoms with Crippen LogP contribution in [0.25, 0.3) is 0 Å². The molecule has 0 aromatic heterocycles. The van der Waals surface area contributed by atoms with E-state index in [9.17, 15) is 24.5 Å². The number of allylic oxidation sites excluding steroid dienone is 3. The second-order valence-corrected chi connectivity index (χ2v) is 11.9. The van der Waals surface area contributed by atoms with E-state index in [1.807, 2.05) is 24.3 Å². The predicted octanol–water partition coefficient (Wildman–Crippen LogP) is 8.41. The Morgan fingerprint density at radius 1 is 1.02 bits per heavy atom. The molecule has 1 atom stereocenters. The lowest BCUT2D eigenvalue weighted by Gasteiger charge is -2.10. The van der Waals surface area contributed by atoms with E-state index in [2.05, 4.69) is 48.3 Å². The Labute approximate surface area is 301 Å². The van der Waals surface area contributed by atoms with E-state index in [0.717, 1.165) is 35.3 Å². The van der Waals surface area contributed by atoms with Crippen molar-refractivity contribution in [3.63, 3.8) is 0 Å². The molecule has 12 heteroatoms. The first-order chi connectivity index (χ1) is 24.2. The predicted molar refractivity (Wildman–Crippen MR) is 195 cm³/mol. The van der Waals surface area contributed by atoms with Crippen molar-refractivity contribution in [2.45, 2.75) is 97.4 Å². The van der Waals surface area contributed by atoms with Crippen LogP contribution >= 0.6 is 11.6 Å². The van der Waals surface area contributed by atoms with Crippen LogP contribution in [0.1, 0.15) is 90.5 Å². The van der Waals surface area contributed by atoms with Crippen molar-refractivity contribution in [2.75, 3.05) is 19.8 Å². The van der Waals surface area contributed by atoms with Gasteiger partial charge in [0.15, 0.2) is 0 Å². The summed E-state index contributed by atoms with van der Waals surface area (Å²) >= 11 is 5.88. The fourth-order valence-corrected chi connectivity index (χ4v) is 4.72. The first kappa shape index (κ1) is 43.6. The van der Waals surface area contributed by atoms with Gasteiger partial charge in [-0.15, -0.1) is 10.1 Å². The van der Waals surface area contributed by atoms with Crippen LogP contribution in [0.5, 0.6) is 11.5 Å².